The number of aliphatic hydroxyl groups is 3. The molecule has 2 saturated heterocycles. The minimum absolute atomic E-state index is 0.178. The molecule has 0 saturated carbocycles. The van der Waals surface area contributed by atoms with Gasteiger partial charge in [-0.05, 0) is 84.7 Å². The Labute approximate surface area is 310 Å². The molecular weight excluding hydrogens is 668 g/mol. The molecule has 2 aliphatic rings. The predicted octanol–water partition coefficient (Wildman–Crippen LogP) is 3.69. The largest absolute Gasteiger partial charge is 0.459 e. The lowest BCUT2D eigenvalue weighted by molar-refractivity contribution is -0.295. The number of hydrogen-bond acceptors (Lipinski definition) is 13. The van der Waals surface area contributed by atoms with Crippen LogP contribution in [0, 0.1) is 23.7 Å². The number of Topliss-reactive ketones (excluding diaryl/α,β-unsaturated/α-hetero) is 1. The van der Waals surface area contributed by atoms with Gasteiger partial charge < -0.3 is 44.1 Å². The minimum Gasteiger partial charge on any atom is -0.459 e. The summed E-state index contributed by atoms with van der Waals surface area (Å²) in [6, 6.07) is 7.52. The molecule has 0 aliphatic carbocycles. The van der Waals surface area contributed by atoms with Gasteiger partial charge in [-0.3, -0.25) is 9.59 Å². The van der Waals surface area contributed by atoms with Crippen molar-refractivity contribution < 1.29 is 43.9 Å². The Morgan fingerprint density at radius 2 is 1.62 bits per heavy atom. The van der Waals surface area contributed by atoms with Gasteiger partial charge in [-0.2, -0.15) is 10.2 Å². The van der Waals surface area contributed by atoms with Crippen molar-refractivity contribution in [1.29, 1.82) is 0 Å². The molecule has 2 heterocycles. The van der Waals surface area contributed by atoms with Crippen molar-refractivity contribution in [3.8, 4) is 0 Å². The van der Waals surface area contributed by atoms with Crippen molar-refractivity contribution in [2.24, 2.45) is 33.9 Å². The van der Waals surface area contributed by atoms with E-state index >= 15 is 0 Å². The van der Waals surface area contributed by atoms with Crippen molar-refractivity contribution in [3.05, 3.63) is 29.8 Å². The number of aliphatic hydroxyl groups excluding tert-OH is 2. The van der Waals surface area contributed by atoms with Crippen LogP contribution in [0.2, 0.25) is 0 Å². The number of benzene rings is 1. The summed E-state index contributed by atoms with van der Waals surface area (Å²) in [5.74, 6) is -4.67. The molecule has 0 radical (unpaired) electrons. The Balaban J connectivity index is 2.17. The Kier molecular flexibility index (Phi) is 15.1. The molecule has 0 spiro atoms. The SMILES string of the molecule is CC[C@H]1OC(=O)[C@H](C)C(=O)[C@H](C)[C@@H](OC2OC(C)CC(N(C)C)C2O)[C@](C)(OC)C[C@@H](C)/C(=N\N=C/c2ccc(N(C)C)cc2)[C@H](C)[C@@H](O)[C@]1(C)O. The molecule has 1 aromatic rings. The topological polar surface area (TPSA) is 163 Å². The molecule has 3 N–H and O–H groups in total. The fourth-order valence-electron chi connectivity index (χ4n) is 7.65. The average molecular weight is 733 g/mol. The molecule has 3 rings (SSSR count). The van der Waals surface area contributed by atoms with Crippen LogP contribution in [0.15, 0.2) is 34.5 Å². The molecule has 0 bridgehead atoms. The second-order valence-electron chi connectivity index (χ2n) is 15.7. The van der Waals surface area contributed by atoms with E-state index in [4.69, 9.17) is 18.9 Å². The minimum atomic E-state index is -1.90. The first-order valence-corrected chi connectivity index (χ1v) is 18.4. The van der Waals surface area contributed by atoms with Gasteiger partial charge >= 0.3 is 5.97 Å². The molecule has 294 valence electrons. The fraction of sp³-hybridized carbons (Fsp3) is 0.744. The van der Waals surface area contributed by atoms with Crippen LogP contribution in [0.5, 0.6) is 0 Å². The highest BCUT2D eigenvalue weighted by Crippen LogP contribution is 2.38. The highest BCUT2D eigenvalue weighted by Gasteiger charge is 2.51. The molecular formula is C39H64N4O9. The molecule has 13 nitrogen and oxygen atoms in total. The lowest BCUT2D eigenvalue weighted by Gasteiger charge is -2.47. The molecule has 1 aromatic carbocycles. The van der Waals surface area contributed by atoms with E-state index in [1.54, 1.807) is 27.0 Å². The Hall–Kier alpha value is -2.78. The van der Waals surface area contributed by atoms with Gasteiger partial charge in [0.1, 0.15) is 23.7 Å². The van der Waals surface area contributed by atoms with Crippen LogP contribution in [0.3, 0.4) is 0 Å². The van der Waals surface area contributed by atoms with Gasteiger partial charge in [-0.15, -0.1) is 0 Å². The summed E-state index contributed by atoms with van der Waals surface area (Å²) in [4.78, 5) is 31.6. The van der Waals surface area contributed by atoms with Gasteiger partial charge in [0, 0.05) is 50.5 Å². The van der Waals surface area contributed by atoms with Gasteiger partial charge in [0.25, 0.3) is 0 Å². The highest BCUT2D eigenvalue weighted by atomic mass is 16.7. The molecule has 2 aliphatic heterocycles. The number of likely N-dealkylation sites (N-methyl/N-ethyl adjacent to an activating group) is 1. The molecule has 0 aromatic heterocycles. The quantitative estimate of drug-likeness (QED) is 0.155. The average Bonchev–Trinajstić information content (AvgIpc) is 3.10. The lowest BCUT2D eigenvalue weighted by Crippen LogP contribution is -2.60. The van der Waals surface area contributed by atoms with Gasteiger partial charge in [-0.1, -0.05) is 39.8 Å². The number of rotatable bonds is 8. The van der Waals surface area contributed by atoms with E-state index in [2.05, 4.69) is 10.2 Å². The molecule has 4 unspecified atom stereocenters. The van der Waals surface area contributed by atoms with E-state index in [9.17, 15) is 24.9 Å². The van der Waals surface area contributed by atoms with E-state index in [1.807, 2.05) is 83.0 Å². The zero-order valence-electron chi connectivity index (χ0n) is 33.4. The number of anilines is 1. The van der Waals surface area contributed by atoms with Crippen LogP contribution in [-0.4, -0.2) is 133 Å². The number of carbonyl (C=O) groups excluding carboxylic acids is 2. The summed E-state index contributed by atoms with van der Waals surface area (Å²) in [6.07, 6.45) is -3.36. The summed E-state index contributed by atoms with van der Waals surface area (Å²) >= 11 is 0. The van der Waals surface area contributed by atoms with Crippen molar-refractivity contribution in [2.75, 3.05) is 40.2 Å². The number of carbonyl (C=O) groups is 2. The van der Waals surface area contributed by atoms with Gasteiger partial charge in [0.15, 0.2) is 12.1 Å². The third-order valence-corrected chi connectivity index (χ3v) is 11.1. The van der Waals surface area contributed by atoms with E-state index in [0.29, 0.717) is 12.1 Å². The van der Waals surface area contributed by atoms with Gasteiger partial charge in [0.2, 0.25) is 0 Å². The predicted molar refractivity (Wildman–Crippen MR) is 202 cm³/mol. The second kappa shape index (κ2) is 18.0. The number of ether oxygens (including phenoxy) is 4. The number of methoxy groups -OCH3 is 1. The normalized spacial score (nSPS) is 39.5. The van der Waals surface area contributed by atoms with E-state index in [1.165, 1.54) is 21.0 Å². The number of cyclic esters (lactones) is 1. The first kappa shape index (κ1) is 43.6. The van der Waals surface area contributed by atoms with Crippen LogP contribution in [-0.2, 0) is 28.5 Å². The summed E-state index contributed by atoms with van der Waals surface area (Å²) in [5.41, 5.74) is -0.820. The molecule has 0 amide bonds. The first-order valence-electron chi connectivity index (χ1n) is 18.4. The maximum absolute atomic E-state index is 14.1. The van der Waals surface area contributed by atoms with Crippen LogP contribution in [0.25, 0.3) is 0 Å². The van der Waals surface area contributed by atoms with E-state index in [-0.39, 0.29) is 25.0 Å². The van der Waals surface area contributed by atoms with Crippen molar-refractivity contribution in [1.82, 2.24) is 4.90 Å². The van der Waals surface area contributed by atoms with Gasteiger partial charge in [0.05, 0.1) is 30.1 Å². The summed E-state index contributed by atoms with van der Waals surface area (Å²) in [6.45, 7) is 13.7. The zero-order chi connectivity index (χ0) is 39.3. The summed E-state index contributed by atoms with van der Waals surface area (Å²) in [5, 5.41) is 44.1. The monoisotopic (exact) mass is 732 g/mol. The van der Waals surface area contributed by atoms with Crippen molar-refractivity contribution in [3.63, 3.8) is 0 Å². The number of ketones is 1. The first-order chi connectivity index (χ1) is 24.2. The summed E-state index contributed by atoms with van der Waals surface area (Å²) < 4.78 is 24.8. The van der Waals surface area contributed by atoms with E-state index < -0.39 is 77.3 Å². The third kappa shape index (κ3) is 9.85. The third-order valence-electron chi connectivity index (χ3n) is 11.1. The molecule has 52 heavy (non-hydrogen) atoms. The lowest BCUT2D eigenvalue weighted by atomic mass is 9.74. The fourth-order valence-corrected chi connectivity index (χ4v) is 7.65. The number of hydrogen-bond donors (Lipinski definition) is 3. The van der Waals surface area contributed by atoms with Gasteiger partial charge in [-0.25, -0.2) is 0 Å². The Morgan fingerprint density at radius 1 is 1.00 bits per heavy atom. The maximum atomic E-state index is 14.1. The standard InChI is InChI=1S/C39H64N4O9/c1-14-30-39(8,48)34(46)24(4)31(41-40-21-27-15-17-28(18-16-27)42(9)10)22(2)20-38(7,49-13)35(25(5)32(44)26(6)36(47)51-30)52-37-33(45)29(43(11)12)19-23(3)50-37/h15-18,21-26,29-30,33-35,37,45-46,48H,14,19-20H2,1-13H3/b40-21-,41-31+/t22-,23?,24+,25+,26-,29?,30-,33?,34-,35-,37?,38-,39-/m1/s1. The maximum Gasteiger partial charge on any atom is 0.316 e. The second-order valence-corrected chi connectivity index (χ2v) is 15.7. The zero-order valence-corrected chi connectivity index (χ0v) is 33.4. The smallest absolute Gasteiger partial charge is 0.316 e. The Morgan fingerprint density at radius 3 is 2.15 bits per heavy atom. The molecule has 13 heteroatoms. The summed E-state index contributed by atoms with van der Waals surface area (Å²) in [7, 11) is 9.20. The van der Waals surface area contributed by atoms with Crippen LogP contribution in [0.4, 0.5) is 5.69 Å². The van der Waals surface area contributed by atoms with Crippen LogP contribution < -0.4 is 4.90 Å². The molecule has 2 fully saturated rings. The van der Waals surface area contributed by atoms with Crippen LogP contribution in [0.1, 0.15) is 80.2 Å². The highest BCUT2D eigenvalue weighted by molar-refractivity contribution is 6.00. The van der Waals surface area contributed by atoms with Crippen molar-refractivity contribution >= 4 is 29.4 Å². The van der Waals surface area contributed by atoms with Crippen LogP contribution >= 0.6 is 0 Å². The number of esters is 1. The van der Waals surface area contributed by atoms with Crippen molar-refractivity contribution in [2.45, 2.75) is 129 Å². The van der Waals surface area contributed by atoms with E-state index in [0.717, 1.165) is 11.3 Å². The Bertz CT molecular complexity index is 1400. The number of nitrogens with zero attached hydrogens (tertiary/aromatic N) is 4. The molecule has 13 atom stereocenters.